The summed E-state index contributed by atoms with van der Waals surface area (Å²) in [7, 11) is 0. The topological polar surface area (TPSA) is 67.2 Å². The van der Waals surface area contributed by atoms with Crippen LogP contribution in [0.4, 0.5) is 5.82 Å². The van der Waals surface area contributed by atoms with Crippen LogP contribution in [0.15, 0.2) is 52.8 Å². The number of aromatic nitrogens is 1. The third-order valence-electron chi connectivity index (χ3n) is 4.17. The molecule has 0 aliphatic heterocycles. The Balaban J connectivity index is 1.44. The molecule has 2 aromatic heterocycles. The fraction of sp³-hybridized carbons (Fsp3) is 0.368. The van der Waals surface area contributed by atoms with Crippen LogP contribution in [-0.4, -0.2) is 17.4 Å². The SMILES string of the molecule is O=C(NCCC1=CCCCC1)c1ccc(NCc2ccco2)nc1. The third kappa shape index (κ3) is 4.72. The molecule has 0 atom stereocenters. The van der Waals surface area contributed by atoms with Gasteiger partial charge in [-0.05, 0) is 56.4 Å². The van der Waals surface area contributed by atoms with E-state index in [2.05, 4.69) is 21.7 Å². The zero-order valence-electron chi connectivity index (χ0n) is 13.8. The average molecular weight is 325 g/mol. The lowest BCUT2D eigenvalue weighted by Crippen LogP contribution is -2.25. The molecule has 0 unspecified atom stereocenters. The van der Waals surface area contributed by atoms with Crippen LogP contribution < -0.4 is 10.6 Å². The maximum atomic E-state index is 12.1. The van der Waals surface area contributed by atoms with Crippen LogP contribution in [0.2, 0.25) is 0 Å². The van der Waals surface area contributed by atoms with Gasteiger partial charge in [0, 0.05) is 12.7 Å². The Bertz CT molecular complexity index is 675. The minimum atomic E-state index is -0.0727. The van der Waals surface area contributed by atoms with Crippen LogP contribution in [0.25, 0.3) is 0 Å². The lowest BCUT2D eigenvalue weighted by molar-refractivity contribution is 0.0953. The van der Waals surface area contributed by atoms with Crippen molar-refractivity contribution in [1.29, 1.82) is 0 Å². The van der Waals surface area contributed by atoms with E-state index < -0.39 is 0 Å². The smallest absolute Gasteiger partial charge is 0.252 e. The quantitative estimate of drug-likeness (QED) is 0.758. The van der Waals surface area contributed by atoms with Gasteiger partial charge in [0.15, 0.2) is 0 Å². The van der Waals surface area contributed by atoms with Crippen molar-refractivity contribution in [3.63, 3.8) is 0 Å². The van der Waals surface area contributed by atoms with E-state index >= 15 is 0 Å². The van der Waals surface area contributed by atoms with Crippen molar-refractivity contribution in [3.8, 4) is 0 Å². The van der Waals surface area contributed by atoms with Gasteiger partial charge in [-0.15, -0.1) is 0 Å². The molecule has 0 saturated heterocycles. The van der Waals surface area contributed by atoms with Crippen molar-refractivity contribution in [3.05, 3.63) is 59.7 Å². The first-order chi connectivity index (χ1) is 11.8. The van der Waals surface area contributed by atoms with Gasteiger partial charge >= 0.3 is 0 Å². The van der Waals surface area contributed by atoms with Crippen molar-refractivity contribution in [2.24, 2.45) is 0 Å². The summed E-state index contributed by atoms with van der Waals surface area (Å²) in [6.45, 7) is 1.25. The van der Waals surface area contributed by atoms with Gasteiger partial charge in [-0.1, -0.05) is 11.6 Å². The van der Waals surface area contributed by atoms with Crippen molar-refractivity contribution in [1.82, 2.24) is 10.3 Å². The zero-order valence-corrected chi connectivity index (χ0v) is 13.8. The van der Waals surface area contributed by atoms with E-state index in [4.69, 9.17) is 4.42 Å². The predicted octanol–water partition coefficient (Wildman–Crippen LogP) is 3.91. The summed E-state index contributed by atoms with van der Waals surface area (Å²) in [5, 5.41) is 6.12. The van der Waals surface area contributed by atoms with E-state index in [1.807, 2.05) is 18.2 Å². The molecule has 0 aromatic carbocycles. The molecule has 2 heterocycles. The number of rotatable bonds is 7. The number of furan rings is 1. The predicted molar refractivity (Wildman–Crippen MR) is 93.8 cm³/mol. The highest BCUT2D eigenvalue weighted by molar-refractivity contribution is 5.94. The molecule has 126 valence electrons. The van der Waals surface area contributed by atoms with Gasteiger partial charge in [-0.2, -0.15) is 0 Å². The van der Waals surface area contributed by atoms with Crippen molar-refractivity contribution in [2.75, 3.05) is 11.9 Å². The molecule has 1 aliphatic carbocycles. The van der Waals surface area contributed by atoms with Gasteiger partial charge in [0.1, 0.15) is 11.6 Å². The highest BCUT2D eigenvalue weighted by Gasteiger charge is 2.08. The Morgan fingerprint density at radius 1 is 1.25 bits per heavy atom. The maximum absolute atomic E-state index is 12.1. The zero-order chi connectivity index (χ0) is 16.6. The minimum Gasteiger partial charge on any atom is -0.467 e. The van der Waals surface area contributed by atoms with E-state index in [1.54, 1.807) is 18.5 Å². The molecule has 3 rings (SSSR count). The molecule has 0 fully saturated rings. The summed E-state index contributed by atoms with van der Waals surface area (Å²) in [5.74, 6) is 1.49. The van der Waals surface area contributed by atoms with Gasteiger partial charge in [-0.3, -0.25) is 4.79 Å². The van der Waals surface area contributed by atoms with E-state index in [9.17, 15) is 4.79 Å². The monoisotopic (exact) mass is 325 g/mol. The number of amides is 1. The second-order valence-corrected chi connectivity index (χ2v) is 5.98. The highest BCUT2D eigenvalue weighted by atomic mass is 16.3. The maximum Gasteiger partial charge on any atom is 0.252 e. The normalized spacial score (nSPS) is 14.1. The highest BCUT2D eigenvalue weighted by Crippen LogP contribution is 2.19. The summed E-state index contributed by atoms with van der Waals surface area (Å²) in [6.07, 6.45) is 11.4. The van der Waals surface area contributed by atoms with Gasteiger partial charge < -0.3 is 15.1 Å². The largest absolute Gasteiger partial charge is 0.467 e. The molecule has 2 aromatic rings. The van der Waals surface area contributed by atoms with Gasteiger partial charge in [0.25, 0.3) is 5.91 Å². The molecule has 5 heteroatoms. The summed E-state index contributed by atoms with van der Waals surface area (Å²) in [4.78, 5) is 16.4. The minimum absolute atomic E-state index is 0.0727. The van der Waals surface area contributed by atoms with Crippen molar-refractivity contribution in [2.45, 2.75) is 38.6 Å². The molecule has 0 bridgehead atoms. The lowest BCUT2D eigenvalue weighted by atomic mass is 9.97. The molecule has 0 radical (unpaired) electrons. The fourth-order valence-electron chi connectivity index (χ4n) is 2.79. The van der Waals surface area contributed by atoms with E-state index in [1.165, 1.54) is 31.3 Å². The van der Waals surface area contributed by atoms with Gasteiger partial charge in [-0.25, -0.2) is 4.98 Å². The van der Waals surface area contributed by atoms with Crippen LogP contribution in [0.5, 0.6) is 0 Å². The van der Waals surface area contributed by atoms with Gasteiger partial charge in [0.2, 0.25) is 0 Å². The number of allylic oxidation sites excluding steroid dienone is 1. The Hall–Kier alpha value is -2.56. The van der Waals surface area contributed by atoms with E-state index in [-0.39, 0.29) is 5.91 Å². The number of pyridine rings is 1. The molecule has 1 amide bonds. The number of hydrogen-bond donors (Lipinski definition) is 2. The van der Waals surface area contributed by atoms with Crippen LogP contribution in [0.1, 0.15) is 48.2 Å². The summed E-state index contributed by atoms with van der Waals surface area (Å²) in [5.41, 5.74) is 2.05. The molecule has 5 nitrogen and oxygen atoms in total. The number of nitrogens with zero attached hydrogens (tertiary/aromatic N) is 1. The standard InChI is InChI=1S/C19H23N3O2/c23-19(20-11-10-15-5-2-1-3-6-15)16-8-9-18(21-13-16)22-14-17-7-4-12-24-17/h4-5,7-9,12-13H,1-3,6,10-11,14H2,(H,20,23)(H,21,22). The average Bonchev–Trinajstić information content (AvgIpc) is 3.15. The lowest BCUT2D eigenvalue weighted by Gasteiger charge is -2.13. The first kappa shape index (κ1) is 16.3. The molecule has 0 saturated carbocycles. The summed E-state index contributed by atoms with van der Waals surface area (Å²) >= 11 is 0. The second kappa shape index (κ2) is 8.34. The summed E-state index contributed by atoms with van der Waals surface area (Å²) < 4.78 is 5.25. The van der Waals surface area contributed by atoms with Crippen LogP contribution >= 0.6 is 0 Å². The third-order valence-corrected chi connectivity index (χ3v) is 4.17. The van der Waals surface area contributed by atoms with Crippen LogP contribution in [0.3, 0.4) is 0 Å². The van der Waals surface area contributed by atoms with Crippen molar-refractivity contribution < 1.29 is 9.21 Å². The Labute approximate surface area is 142 Å². The molecule has 0 spiro atoms. The fourth-order valence-corrected chi connectivity index (χ4v) is 2.79. The second-order valence-electron chi connectivity index (χ2n) is 5.98. The Morgan fingerprint density at radius 3 is 2.92 bits per heavy atom. The molecule has 24 heavy (non-hydrogen) atoms. The number of hydrogen-bond acceptors (Lipinski definition) is 4. The van der Waals surface area contributed by atoms with E-state index in [0.717, 1.165) is 18.0 Å². The van der Waals surface area contributed by atoms with E-state index in [0.29, 0.717) is 18.7 Å². The number of anilines is 1. The van der Waals surface area contributed by atoms with Crippen molar-refractivity contribution >= 4 is 11.7 Å². The molecule has 1 aliphatic rings. The molecule has 2 N–H and O–H groups in total. The Kier molecular flexibility index (Phi) is 5.66. The van der Waals surface area contributed by atoms with Gasteiger partial charge in [0.05, 0.1) is 18.4 Å². The summed E-state index contributed by atoms with van der Waals surface area (Å²) in [6, 6.07) is 7.34. The first-order valence-electron chi connectivity index (χ1n) is 8.50. The number of carbonyl (C=O) groups excluding carboxylic acids is 1. The Morgan fingerprint density at radius 2 is 2.21 bits per heavy atom. The molecular weight excluding hydrogens is 302 g/mol. The number of carbonyl (C=O) groups is 1. The van der Waals surface area contributed by atoms with Crippen LogP contribution in [-0.2, 0) is 6.54 Å². The number of nitrogens with one attached hydrogen (secondary N) is 2. The molecular formula is C19H23N3O2. The van der Waals surface area contributed by atoms with Crippen LogP contribution in [0, 0.1) is 0 Å². The first-order valence-corrected chi connectivity index (χ1v) is 8.50.